The maximum atomic E-state index is 12.4. The molecule has 98 valence electrons. The van der Waals surface area contributed by atoms with Crippen molar-refractivity contribution in [2.24, 2.45) is 5.73 Å². The molecule has 0 aromatic carbocycles. The molecule has 4 heteroatoms. The third kappa shape index (κ3) is 2.99. The summed E-state index contributed by atoms with van der Waals surface area (Å²) in [6.45, 7) is 6.05. The van der Waals surface area contributed by atoms with Crippen LogP contribution >= 0.6 is 0 Å². The molecular formula is C13H25N3O. The molecule has 0 saturated carbocycles. The van der Waals surface area contributed by atoms with Gasteiger partial charge in [-0.3, -0.25) is 9.69 Å². The topological polar surface area (TPSA) is 49.6 Å². The predicted molar refractivity (Wildman–Crippen MR) is 68.7 cm³/mol. The van der Waals surface area contributed by atoms with Crippen LogP contribution in [0, 0.1) is 0 Å². The Morgan fingerprint density at radius 1 is 1.24 bits per heavy atom. The number of amides is 1. The minimum Gasteiger partial charge on any atom is -0.341 e. The summed E-state index contributed by atoms with van der Waals surface area (Å²) < 4.78 is 0. The highest BCUT2D eigenvalue weighted by Crippen LogP contribution is 2.21. The minimum absolute atomic E-state index is 0.157. The first-order valence-electron chi connectivity index (χ1n) is 7.00. The Labute approximate surface area is 104 Å². The van der Waals surface area contributed by atoms with E-state index in [9.17, 15) is 4.79 Å². The van der Waals surface area contributed by atoms with Gasteiger partial charge in [0, 0.05) is 19.1 Å². The number of nitrogens with two attached hydrogens (primary N) is 1. The molecule has 1 atom stereocenters. The van der Waals surface area contributed by atoms with E-state index in [2.05, 4.69) is 11.8 Å². The Morgan fingerprint density at radius 2 is 1.94 bits per heavy atom. The number of piperidine rings is 1. The molecule has 0 spiro atoms. The van der Waals surface area contributed by atoms with Crippen LogP contribution < -0.4 is 5.73 Å². The molecule has 17 heavy (non-hydrogen) atoms. The van der Waals surface area contributed by atoms with Crippen molar-refractivity contribution in [3.8, 4) is 0 Å². The van der Waals surface area contributed by atoms with Gasteiger partial charge in [-0.1, -0.05) is 6.92 Å². The van der Waals surface area contributed by atoms with E-state index in [0.717, 1.165) is 51.9 Å². The highest BCUT2D eigenvalue weighted by molar-refractivity contribution is 5.82. The molecular weight excluding hydrogens is 214 g/mol. The van der Waals surface area contributed by atoms with Crippen LogP contribution in [0.2, 0.25) is 0 Å². The van der Waals surface area contributed by atoms with Crippen molar-refractivity contribution < 1.29 is 4.79 Å². The second kappa shape index (κ2) is 5.83. The summed E-state index contributed by atoms with van der Waals surface area (Å²) in [6, 6.07) is 0.457. The van der Waals surface area contributed by atoms with E-state index in [1.165, 1.54) is 6.42 Å². The fourth-order valence-corrected chi connectivity index (χ4v) is 2.99. The van der Waals surface area contributed by atoms with Gasteiger partial charge in [0.15, 0.2) is 0 Å². The van der Waals surface area contributed by atoms with Crippen molar-refractivity contribution in [2.75, 3.05) is 26.2 Å². The molecule has 2 N–H and O–H groups in total. The normalized spacial score (nSPS) is 27.6. The molecule has 0 aromatic heterocycles. The number of nitrogens with zero attached hydrogens (tertiary/aromatic N) is 2. The highest BCUT2D eigenvalue weighted by atomic mass is 16.2. The Kier molecular flexibility index (Phi) is 4.40. The lowest BCUT2D eigenvalue weighted by molar-refractivity contribution is -0.137. The van der Waals surface area contributed by atoms with E-state index in [1.54, 1.807) is 0 Å². The summed E-state index contributed by atoms with van der Waals surface area (Å²) in [4.78, 5) is 16.8. The lowest BCUT2D eigenvalue weighted by atomic mass is 10.0. The first kappa shape index (κ1) is 12.8. The molecule has 0 aromatic rings. The number of rotatable bonds is 3. The maximum absolute atomic E-state index is 12.4. The standard InChI is InChI=1S/C13H25N3O/c1-2-7-15-8-3-4-12(15)13(17)16-9-5-11(14)6-10-16/h11-12H,2-10,14H2,1H3. The monoisotopic (exact) mass is 239 g/mol. The average molecular weight is 239 g/mol. The van der Waals surface area contributed by atoms with Crippen molar-refractivity contribution in [1.82, 2.24) is 9.80 Å². The van der Waals surface area contributed by atoms with Crippen molar-refractivity contribution in [3.05, 3.63) is 0 Å². The summed E-state index contributed by atoms with van der Waals surface area (Å²) in [5.74, 6) is 0.350. The quantitative estimate of drug-likeness (QED) is 0.793. The predicted octanol–water partition coefficient (Wildman–Crippen LogP) is 0.811. The van der Waals surface area contributed by atoms with Gasteiger partial charge in [0.2, 0.25) is 5.91 Å². The number of likely N-dealkylation sites (tertiary alicyclic amines) is 2. The van der Waals surface area contributed by atoms with E-state index < -0.39 is 0 Å². The summed E-state index contributed by atoms with van der Waals surface area (Å²) in [5.41, 5.74) is 5.88. The molecule has 2 rings (SSSR count). The van der Waals surface area contributed by atoms with Gasteiger partial charge in [-0.15, -0.1) is 0 Å². The summed E-state index contributed by atoms with van der Waals surface area (Å²) in [5, 5.41) is 0. The van der Waals surface area contributed by atoms with Gasteiger partial charge in [0.05, 0.1) is 6.04 Å². The van der Waals surface area contributed by atoms with Crippen LogP contribution in [0.3, 0.4) is 0 Å². The Hall–Kier alpha value is -0.610. The molecule has 2 aliphatic heterocycles. The Balaban J connectivity index is 1.90. The Bertz CT molecular complexity index is 261. The van der Waals surface area contributed by atoms with Crippen LogP contribution in [0.25, 0.3) is 0 Å². The first-order valence-corrected chi connectivity index (χ1v) is 7.00. The summed E-state index contributed by atoms with van der Waals surface area (Å²) in [6.07, 6.45) is 5.28. The first-order chi connectivity index (χ1) is 8.22. The van der Waals surface area contributed by atoms with Gasteiger partial charge in [0.25, 0.3) is 0 Å². The van der Waals surface area contributed by atoms with Crippen molar-refractivity contribution in [1.29, 1.82) is 0 Å². The van der Waals surface area contributed by atoms with E-state index >= 15 is 0 Å². The van der Waals surface area contributed by atoms with E-state index in [-0.39, 0.29) is 6.04 Å². The molecule has 4 nitrogen and oxygen atoms in total. The van der Waals surface area contributed by atoms with Crippen LogP contribution in [0.1, 0.15) is 39.0 Å². The van der Waals surface area contributed by atoms with Gasteiger partial charge < -0.3 is 10.6 Å². The molecule has 2 heterocycles. The zero-order valence-electron chi connectivity index (χ0n) is 10.9. The molecule has 0 aliphatic carbocycles. The highest BCUT2D eigenvalue weighted by Gasteiger charge is 2.33. The average Bonchev–Trinajstić information content (AvgIpc) is 2.78. The molecule has 2 fully saturated rings. The molecule has 1 unspecified atom stereocenters. The van der Waals surface area contributed by atoms with Crippen LogP contribution in [0.15, 0.2) is 0 Å². The minimum atomic E-state index is 0.157. The second-order valence-corrected chi connectivity index (χ2v) is 5.36. The Morgan fingerprint density at radius 3 is 2.59 bits per heavy atom. The number of hydrogen-bond donors (Lipinski definition) is 1. The molecule has 2 saturated heterocycles. The maximum Gasteiger partial charge on any atom is 0.239 e. The van der Waals surface area contributed by atoms with Crippen LogP contribution in [-0.4, -0.2) is 54.0 Å². The zero-order chi connectivity index (χ0) is 12.3. The van der Waals surface area contributed by atoms with Crippen molar-refractivity contribution in [3.63, 3.8) is 0 Å². The molecule has 1 amide bonds. The number of hydrogen-bond acceptors (Lipinski definition) is 3. The second-order valence-electron chi connectivity index (χ2n) is 5.36. The number of carbonyl (C=O) groups is 1. The van der Waals surface area contributed by atoms with Crippen LogP contribution in [-0.2, 0) is 4.79 Å². The molecule has 0 radical (unpaired) electrons. The lowest BCUT2D eigenvalue weighted by Gasteiger charge is -2.34. The van der Waals surface area contributed by atoms with Gasteiger partial charge in [0.1, 0.15) is 0 Å². The van der Waals surface area contributed by atoms with Crippen LogP contribution in [0.4, 0.5) is 0 Å². The van der Waals surface area contributed by atoms with E-state index in [4.69, 9.17) is 5.73 Å². The largest absolute Gasteiger partial charge is 0.341 e. The van der Waals surface area contributed by atoms with E-state index in [0.29, 0.717) is 11.9 Å². The SMILES string of the molecule is CCCN1CCCC1C(=O)N1CCC(N)CC1. The smallest absolute Gasteiger partial charge is 0.239 e. The fraction of sp³-hybridized carbons (Fsp3) is 0.923. The third-order valence-electron chi connectivity index (χ3n) is 4.01. The fourth-order valence-electron chi connectivity index (χ4n) is 2.99. The van der Waals surface area contributed by atoms with Gasteiger partial charge in [-0.05, 0) is 45.2 Å². The molecule has 0 bridgehead atoms. The summed E-state index contributed by atoms with van der Waals surface area (Å²) in [7, 11) is 0. The van der Waals surface area contributed by atoms with Crippen molar-refractivity contribution in [2.45, 2.75) is 51.1 Å². The van der Waals surface area contributed by atoms with Gasteiger partial charge in [-0.25, -0.2) is 0 Å². The third-order valence-corrected chi connectivity index (χ3v) is 4.01. The summed E-state index contributed by atoms with van der Waals surface area (Å²) >= 11 is 0. The van der Waals surface area contributed by atoms with Gasteiger partial charge in [-0.2, -0.15) is 0 Å². The zero-order valence-corrected chi connectivity index (χ0v) is 10.9. The molecule has 2 aliphatic rings. The van der Waals surface area contributed by atoms with E-state index in [1.807, 2.05) is 4.90 Å². The lowest BCUT2D eigenvalue weighted by Crippen LogP contribution is -2.50. The number of carbonyl (C=O) groups excluding carboxylic acids is 1. The van der Waals surface area contributed by atoms with Crippen molar-refractivity contribution >= 4 is 5.91 Å². The van der Waals surface area contributed by atoms with Gasteiger partial charge >= 0.3 is 0 Å². The van der Waals surface area contributed by atoms with Crippen LogP contribution in [0.5, 0.6) is 0 Å².